The van der Waals surface area contributed by atoms with Crippen LogP contribution in [0.4, 0.5) is 4.79 Å². The van der Waals surface area contributed by atoms with E-state index >= 15 is 0 Å². The Morgan fingerprint density at radius 3 is 2.67 bits per heavy atom. The van der Waals surface area contributed by atoms with Gasteiger partial charge >= 0.3 is 6.09 Å². The molecule has 0 aromatic rings. The van der Waals surface area contributed by atoms with Crippen molar-refractivity contribution in [2.75, 3.05) is 19.6 Å². The predicted molar refractivity (Wildman–Crippen MR) is 81.7 cm³/mol. The molecule has 2 rings (SSSR count). The van der Waals surface area contributed by atoms with Gasteiger partial charge in [-0.2, -0.15) is 0 Å². The molecule has 21 heavy (non-hydrogen) atoms. The Hall–Kier alpha value is -1.54. The van der Waals surface area contributed by atoms with E-state index in [2.05, 4.69) is 22.7 Å². The second kappa shape index (κ2) is 6.07. The van der Waals surface area contributed by atoms with Crippen LogP contribution >= 0.6 is 0 Å². The molecule has 1 aliphatic carbocycles. The van der Waals surface area contributed by atoms with Crippen molar-refractivity contribution in [1.82, 2.24) is 9.80 Å². The minimum atomic E-state index is -0.448. The summed E-state index contributed by atoms with van der Waals surface area (Å²) in [7, 11) is 0. The number of piperazine rings is 1. The zero-order chi connectivity index (χ0) is 15.6. The molecule has 0 saturated carbocycles. The first kappa shape index (κ1) is 15.8. The summed E-state index contributed by atoms with van der Waals surface area (Å²) in [5, 5.41) is 0. The van der Waals surface area contributed by atoms with Gasteiger partial charge in [-0.15, -0.1) is 0 Å². The predicted octanol–water partition coefficient (Wildman–Crippen LogP) is 2.89. The number of nitrogens with zero attached hydrogens (tertiary/aromatic N) is 3. The van der Waals surface area contributed by atoms with Crippen molar-refractivity contribution in [3.63, 3.8) is 0 Å². The van der Waals surface area contributed by atoms with Crippen LogP contribution in [0.5, 0.6) is 0 Å². The average Bonchev–Trinajstić information content (AvgIpc) is 2.85. The number of allylic oxidation sites excluding steroid dienone is 1. The maximum absolute atomic E-state index is 12.1. The third kappa shape index (κ3) is 3.98. The van der Waals surface area contributed by atoms with E-state index in [-0.39, 0.29) is 12.1 Å². The molecule has 0 radical (unpaired) electrons. The van der Waals surface area contributed by atoms with E-state index in [0.29, 0.717) is 19.1 Å². The lowest BCUT2D eigenvalue weighted by Gasteiger charge is -2.42. The largest absolute Gasteiger partial charge is 0.444 e. The first-order valence-corrected chi connectivity index (χ1v) is 7.62. The van der Waals surface area contributed by atoms with Crippen molar-refractivity contribution in [1.29, 1.82) is 0 Å². The molecular formula is C16H25N3O2. The lowest BCUT2D eigenvalue weighted by molar-refractivity contribution is 0.00164. The summed E-state index contributed by atoms with van der Waals surface area (Å²) in [6.07, 6.45) is 3.77. The van der Waals surface area contributed by atoms with E-state index in [4.69, 9.17) is 11.3 Å². The van der Waals surface area contributed by atoms with Crippen LogP contribution in [-0.4, -0.2) is 53.2 Å². The Kier molecular flexibility index (Phi) is 4.58. The van der Waals surface area contributed by atoms with Crippen LogP contribution in [0.15, 0.2) is 11.8 Å². The molecule has 0 aromatic carbocycles. The Morgan fingerprint density at radius 2 is 2.14 bits per heavy atom. The molecule has 1 unspecified atom stereocenters. The van der Waals surface area contributed by atoms with Gasteiger partial charge in [-0.05, 0) is 40.5 Å². The molecule has 1 aliphatic heterocycles. The number of amides is 1. The smallest absolute Gasteiger partial charge is 0.410 e. The molecule has 1 fully saturated rings. The molecule has 2 atom stereocenters. The zero-order valence-electron chi connectivity index (χ0n) is 13.4. The maximum atomic E-state index is 12.1. The summed E-state index contributed by atoms with van der Waals surface area (Å²) >= 11 is 0. The molecule has 1 heterocycles. The number of hydrogen-bond acceptors (Lipinski definition) is 3. The SMILES string of the molecule is [C-]#[N+]C1=CC(N2CCN(C(=O)OC(C)(C)C)C[C@H]2C)CC1. The van der Waals surface area contributed by atoms with E-state index in [1.54, 1.807) is 4.90 Å². The fourth-order valence-corrected chi connectivity index (χ4v) is 3.00. The van der Waals surface area contributed by atoms with Gasteiger partial charge in [-0.3, -0.25) is 4.90 Å². The van der Waals surface area contributed by atoms with E-state index in [0.717, 1.165) is 25.1 Å². The highest BCUT2D eigenvalue weighted by molar-refractivity contribution is 5.68. The Bertz CT molecular complexity index is 473. The fourth-order valence-electron chi connectivity index (χ4n) is 3.00. The number of rotatable bonds is 1. The monoisotopic (exact) mass is 291 g/mol. The minimum Gasteiger partial charge on any atom is -0.444 e. The van der Waals surface area contributed by atoms with Crippen LogP contribution in [0.3, 0.4) is 0 Å². The normalized spacial score (nSPS) is 27.2. The van der Waals surface area contributed by atoms with Gasteiger partial charge in [0.2, 0.25) is 0 Å². The molecule has 116 valence electrons. The molecule has 5 nitrogen and oxygen atoms in total. The van der Waals surface area contributed by atoms with E-state index in [9.17, 15) is 4.79 Å². The van der Waals surface area contributed by atoms with Crippen molar-refractivity contribution >= 4 is 6.09 Å². The highest BCUT2D eigenvalue weighted by atomic mass is 16.6. The molecule has 0 aromatic heterocycles. The van der Waals surface area contributed by atoms with Crippen molar-refractivity contribution < 1.29 is 9.53 Å². The number of hydrogen-bond donors (Lipinski definition) is 0. The first-order valence-electron chi connectivity index (χ1n) is 7.62. The summed E-state index contributed by atoms with van der Waals surface area (Å²) in [5.74, 6) is 0. The molecule has 0 N–H and O–H groups in total. The van der Waals surface area contributed by atoms with E-state index in [1.165, 1.54) is 0 Å². The molecule has 0 spiro atoms. The van der Waals surface area contributed by atoms with Crippen LogP contribution in [0.1, 0.15) is 40.5 Å². The standard InChI is InChI=1S/C16H25N3O2/c1-12-11-18(15(20)21-16(2,3)4)8-9-19(12)14-7-6-13(10-14)17-5/h10,12,14H,6-9,11H2,1-4H3/t12-,14?/m1/s1. The van der Waals surface area contributed by atoms with Crippen LogP contribution in [-0.2, 0) is 4.74 Å². The highest BCUT2D eigenvalue weighted by Crippen LogP contribution is 2.27. The summed E-state index contributed by atoms with van der Waals surface area (Å²) in [5.41, 5.74) is 0.428. The van der Waals surface area contributed by atoms with Gasteiger partial charge in [0.1, 0.15) is 5.60 Å². The topological polar surface area (TPSA) is 37.1 Å². The van der Waals surface area contributed by atoms with E-state index in [1.807, 2.05) is 20.8 Å². The van der Waals surface area contributed by atoms with Gasteiger partial charge in [-0.25, -0.2) is 9.64 Å². The Morgan fingerprint density at radius 1 is 1.43 bits per heavy atom. The first-order chi connectivity index (χ1) is 9.80. The number of carbonyl (C=O) groups excluding carboxylic acids is 1. The van der Waals surface area contributed by atoms with Gasteiger partial charge in [0, 0.05) is 31.7 Å². The minimum absolute atomic E-state index is 0.224. The van der Waals surface area contributed by atoms with Crippen LogP contribution in [0.25, 0.3) is 4.85 Å². The maximum Gasteiger partial charge on any atom is 0.410 e. The number of carbonyl (C=O) groups is 1. The lowest BCUT2D eigenvalue weighted by atomic mass is 10.1. The highest BCUT2D eigenvalue weighted by Gasteiger charge is 2.33. The summed E-state index contributed by atoms with van der Waals surface area (Å²) in [6, 6.07) is 0.641. The molecule has 1 amide bonds. The van der Waals surface area contributed by atoms with Gasteiger partial charge in [-0.1, -0.05) is 6.08 Å². The Labute approximate surface area is 127 Å². The number of ether oxygens (including phenoxy) is 1. The fraction of sp³-hybridized carbons (Fsp3) is 0.750. The quantitative estimate of drug-likeness (QED) is 0.697. The summed E-state index contributed by atoms with van der Waals surface area (Å²) < 4.78 is 5.44. The van der Waals surface area contributed by atoms with Gasteiger partial charge < -0.3 is 9.64 Å². The van der Waals surface area contributed by atoms with Crippen LogP contribution in [0.2, 0.25) is 0 Å². The molecule has 0 bridgehead atoms. The second-order valence-electron chi connectivity index (χ2n) is 6.89. The van der Waals surface area contributed by atoms with Crippen molar-refractivity contribution in [3.05, 3.63) is 23.2 Å². The van der Waals surface area contributed by atoms with Gasteiger partial charge in [0.25, 0.3) is 0 Å². The molecular weight excluding hydrogens is 266 g/mol. The molecule has 5 heteroatoms. The summed E-state index contributed by atoms with van der Waals surface area (Å²) in [4.78, 5) is 19.9. The zero-order valence-corrected chi connectivity index (χ0v) is 13.4. The summed E-state index contributed by atoms with van der Waals surface area (Å²) in [6.45, 7) is 17.1. The lowest BCUT2D eigenvalue weighted by Crippen LogP contribution is -2.56. The molecule has 1 saturated heterocycles. The third-order valence-electron chi connectivity index (χ3n) is 3.98. The van der Waals surface area contributed by atoms with Crippen molar-refractivity contribution in [2.24, 2.45) is 0 Å². The molecule has 2 aliphatic rings. The Balaban J connectivity index is 1.92. The van der Waals surface area contributed by atoms with Crippen LogP contribution in [0, 0.1) is 6.57 Å². The third-order valence-corrected chi connectivity index (χ3v) is 3.98. The second-order valence-corrected chi connectivity index (χ2v) is 6.89. The van der Waals surface area contributed by atoms with Crippen LogP contribution < -0.4 is 0 Å². The van der Waals surface area contributed by atoms with Crippen molar-refractivity contribution in [2.45, 2.75) is 58.2 Å². The average molecular weight is 291 g/mol. The van der Waals surface area contributed by atoms with Gasteiger partial charge in [0.05, 0.1) is 6.57 Å². The van der Waals surface area contributed by atoms with Gasteiger partial charge in [0.15, 0.2) is 5.70 Å². The van der Waals surface area contributed by atoms with Crippen molar-refractivity contribution in [3.8, 4) is 0 Å². The van der Waals surface area contributed by atoms with E-state index < -0.39 is 5.60 Å².